The molecule has 0 unspecified atom stereocenters. The van der Waals surface area contributed by atoms with E-state index in [9.17, 15) is 12.9 Å². The molecular formula is C3HBBrF3KNS. The summed E-state index contributed by atoms with van der Waals surface area (Å²) >= 11 is 3.44. The maximum Gasteiger partial charge on any atom is 1.00 e. The Labute approximate surface area is 116 Å². The van der Waals surface area contributed by atoms with Gasteiger partial charge in [0, 0.05) is 6.20 Å². The third-order valence-electron chi connectivity index (χ3n) is 0.818. The van der Waals surface area contributed by atoms with Crippen molar-refractivity contribution in [1.82, 2.24) is 4.98 Å². The first-order chi connectivity index (χ1) is 4.50. The van der Waals surface area contributed by atoms with Crippen molar-refractivity contribution in [2.24, 2.45) is 0 Å². The summed E-state index contributed by atoms with van der Waals surface area (Å²) in [6.07, 6.45) is 0.828. The fourth-order valence-electron chi connectivity index (χ4n) is 0.416. The Morgan fingerprint density at radius 2 is 2.00 bits per heavy atom. The molecule has 1 rings (SSSR count). The van der Waals surface area contributed by atoms with E-state index in [1.807, 2.05) is 0 Å². The van der Waals surface area contributed by atoms with Gasteiger partial charge < -0.3 is 12.9 Å². The molecule has 1 nitrogen and oxygen atoms in total. The second-order valence-corrected chi connectivity index (χ2v) is 3.93. The summed E-state index contributed by atoms with van der Waals surface area (Å²) in [6, 6.07) is 0. The summed E-state index contributed by atoms with van der Waals surface area (Å²) in [5, 5.41) is 0. The van der Waals surface area contributed by atoms with Crippen LogP contribution in [0.5, 0.6) is 0 Å². The van der Waals surface area contributed by atoms with Crippen LogP contribution in [-0.2, 0) is 0 Å². The maximum atomic E-state index is 11.8. The van der Waals surface area contributed by atoms with Crippen LogP contribution in [0.25, 0.3) is 0 Å². The molecule has 0 amide bonds. The molecule has 56 valence electrons. The second kappa shape index (κ2) is 4.73. The standard InChI is InChI=1S/C3HBBrF3NS.K/c5-3-9-1-2(10-3)4(6,7)8;/h1H;/q-1;+1. The van der Waals surface area contributed by atoms with Gasteiger partial charge in [0.25, 0.3) is 0 Å². The van der Waals surface area contributed by atoms with Gasteiger partial charge in [-0.25, -0.2) is 4.98 Å². The number of nitrogens with zero attached hydrogens (tertiary/aromatic N) is 1. The largest absolute Gasteiger partial charge is 1.00 e. The number of halogens is 4. The smallest absolute Gasteiger partial charge is 0.444 e. The number of rotatable bonds is 1. The number of hydrogen-bond donors (Lipinski definition) is 0. The molecule has 0 aliphatic carbocycles. The van der Waals surface area contributed by atoms with E-state index in [-0.39, 0.29) is 55.3 Å². The fourth-order valence-corrected chi connectivity index (χ4v) is 1.62. The summed E-state index contributed by atoms with van der Waals surface area (Å²) in [4.78, 5) is 3.41. The van der Waals surface area contributed by atoms with E-state index >= 15 is 0 Å². The molecule has 0 fully saturated rings. The molecule has 1 heterocycles. The first-order valence-corrected chi connectivity index (χ1v) is 3.92. The SMILES string of the molecule is F[B-](F)(F)c1cnc(Br)s1.[K+]. The van der Waals surface area contributed by atoms with E-state index in [0.717, 1.165) is 6.20 Å². The van der Waals surface area contributed by atoms with E-state index in [1.165, 1.54) is 0 Å². The minimum Gasteiger partial charge on any atom is -0.444 e. The van der Waals surface area contributed by atoms with Gasteiger partial charge >= 0.3 is 58.4 Å². The van der Waals surface area contributed by atoms with Crippen molar-refractivity contribution < 1.29 is 64.3 Å². The first-order valence-electron chi connectivity index (χ1n) is 2.31. The normalized spacial score (nSPS) is 10.9. The predicted molar refractivity (Wildman–Crippen MR) is 38.5 cm³/mol. The van der Waals surface area contributed by atoms with Crippen molar-refractivity contribution in [1.29, 1.82) is 0 Å². The summed E-state index contributed by atoms with van der Waals surface area (Å²) < 4.78 is 35.1. The third-order valence-corrected chi connectivity index (χ3v) is 2.39. The van der Waals surface area contributed by atoms with Crippen LogP contribution >= 0.6 is 27.3 Å². The molecule has 8 heteroatoms. The Kier molecular flexibility index (Phi) is 5.42. The number of aromatic nitrogens is 1. The van der Waals surface area contributed by atoms with Crippen LogP contribution in [0, 0.1) is 0 Å². The van der Waals surface area contributed by atoms with Gasteiger partial charge in [-0.15, -0.1) is 11.3 Å². The Balaban J connectivity index is 0.000001000. The minimum absolute atomic E-state index is 0. The van der Waals surface area contributed by atoms with Gasteiger partial charge in [0.1, 0.15) is 0 Å². The van der Waals surface area contributed by atoms with Crippen molar-refractivity contribution >= 4 is 39.0 Å². The zero-order valence-corrected chi connectivity index (χ0v) is 11.0. The van der Waals surface area contributed by atoms with Gasteiger partial charge in [0.05, 0.1) is 0 Å². The minimum atomic E-state index is -4.86. The molecule has 1 aromatic rings. The summed E-state index contributed by atoms with van der Waals surface area (Å²) in [6.45, 7) is -4.86. The van der Waals surface area contributed by atoms with Gasteiger partial charge in [-0.05, 0) is 20.7 Å². The molecule has 0 spiro atoms. The molecule has 0 atom stereocenters. The van der Waals surface area contributed by atoms with E-state index in [2.05, 4.69) is 20.9 Å². The van der Waals surface area contributed by atoms with Crippen LogP contribution < -0.4 is 56.2 Å². The van der Waals surface area contributed by atoms with Gasteiger partial charge in [0.15, 0.2) is 3.92 Å². The fraction of sp³-hybridized carbons (Fsp3) is 0. The Morgan fingerprint density at radius 1 is 1.45 bits per heavy atom. The van der Waals surface area contributed by atoms with E-state index in [1.54, 1.807) is 0 Å². The summed E-state index contributed by atoms with van der Waals surface area (Å²) in [5.74, 6) is 0. The molecule has 11 heavy (non-hydrogen) atoms. The zero-order chi connectivity index (χ0) is 7.78. The van der Waals surface area contributed by atoms with Crippen molar-refractivity contribution in [3.8, 4) is 0 Å². The number of thiazole rings is 1. The van der Waals surface area contributed by atoms with Crippen LogP contribution in [0.1, 0.15) is 0 Å². The number of hydrogen-bond acceptors (Lipinski definition) is 2. The third kappa shape index (κ3) is 3.88. The summed E-state index contributed by atoms with van der Waals surface area (Å²) in [5.41, 5.74) is 0. The first kappa shape index (κ1) is 12.6. The molecule has 0 aromatic carbocycles. The molecule has 0 saturated carbocycles. The molecule has 0 radical (unpaired) electrons. The Morgan fingerprint density at radius 3 is 2.18 bits per heavy atom. The van der Waals surface area contributed by atoms with Crippen LogP contribution in [-0.4, -0.2) is 12.0 Å². The molecule has 1 aromatic heterocycles. The average molecular weight is 270 g/mol. The van der Waals surface area contributed by atoms with E-state index < -0.39 is 11.8 Å². The molecule has 0 aliphatic rings. The van der Waals surface area contributed by atoms with E-state index in [0.29, 0.717) is 11.3 Å². The predicted octanol–water partition coefficient (Wildman–Crippen LogP) is -1.04. The van der Waals surface area contributed by atoms with Crippen LogP contribution in [0.2, 0.25) is 0 Å². The molecule has 0 N–H and O–H groups in total. The van der Waals surface area contributed by atoms with Crippen molar-refractivity contribution in [2.75, 3.05) is 0 Å². The molecule has 0 bridgehead atoms. The van der Waals surface area contributed by atoms with Gasteiger partial charge in [-0.3, -0.25) is 0 Å². The van der Waals surface area contributed by atoms with Gasteiger partial charge in [-0.1, -0.05) is 0 Å². The van der Waals surface area contributed by atoms with Crippen LogP contribution in [0.3, 0.4) is 0 Å². The monoisotopic (exact) mass is 269 g/mol. The summed E-state index contributed by atoms with van der Waals surface area (Å²) in [7, 11) is 0. The maximum absolute atomic E-state index is 11.8. The van der Waals surface area contributed by atoms with E-state index in [4.69, 9.17) is 0 Å². The van der Waals surface area contributed by atoms with Crippen LogP contribution in [0.15, 0.2) is 10.1 Å². The molecule has 0 saturated heterocycles. The van der Waals surface area contributed by atoms with Crippen molar-refractivity contribution in [3.63, 3.8) is 0 Å². The van der Waals surface area contributed by atoms with Gasteiger partial charge in [-0.2, -0.15) is 0 Å². The second-order valence-electron chi connectivity index (χ2n) is 1.59. The Bertz CT molecular complexity index is 239. The van der Waals surface area contributed by atoms with Crippen LogP contribution in [0.4, 0.5) is 12.9 Å². The molecular weight excluding hydrogens is 269 g/mol. The topological polar surface area (TPSA) is 12.9 Å². The Hall–Kier alpha value is 1.60. The van der Waals surface area contributed by atoms with Crippen molar-refractivity contribution in [2.45, 2.75) is 0 Å². The van der Waals surface area contributed by atoms with Crippen molar-refractivity contribution in [3.05, 3.63) is 10.1 Å². The zero-order valence-electron chi connectivity index (χ0n) is 5.52. The quantitative estimate of drug-likeness (QED) is 0.594. The molecule has 0 aliphatic heterocycles. The average Bonchev–Trinajstić information content (AvgIpc) is 2.11. The van der Waals surface area contributed by atoms with Gasteiger partial charge in [0.2, 0.25) is 0 Å².